The third-order valence-corrected chi connectivity index (χ3v) is 6.73. The minimum atomic E-state index is 0.315. The summed E-state index contributed by atoms with van der Waals surface area (Å²) in [5, 5.41) is 11.5. The van der Waals surface area contributed by atoms with Crippen molar-refractivity contribution >= 4 is 10.9 Å². The lowest BCUT2D eigenvalue weighted by atomic mass is 9.64. The van der Waals surface area contributed by atoms with Gasteiger partial charge in [0.2, 0.25) is 0 Å². The molecule has 3 fully saturated rings. The molecule has 5 atom stereocenters. The number of hydrogen-bond acceptors (Lipinski definition) is 2. The fourth-order valence-electron chi connectivity index (χ4n) is 5.71. The smallest absolute Gasteiger partial charge is 0.0515 e. The number of aromatic nitrogens is 1. The molecular formula is C20H24N2O. The van der Waals surface area contributed by atoms with E-state index < -0.39 is 0 Å². The zero-order valence-electron chi connectivity index (χ0n) is 13.9. The molecule has 2 unspecified atom stereocenters. The van der Waals surface area contributed by atoms with Crippen molar-refractivity contribution in [3.63, 3.8) is 0 Å². The standard InChI is InChI=1S/C20H24N2O/c1-3-12-10-22-18-9-15-13-6-4-5-7-17(13)21(2)20(15)19(22)8-14(12)16(18)11-23/h3-7,14,16,18-19,23H,8-11H2,1-2H3/b12-3+/t14-,16?,18+,19+/m1/s1. The van der Waals surface area contributed by atoms with Crippen LogP contribution in [0.5, 0.6) is 0 Å². The molecule has 0 amide bonds. The average Bonchev–Trinajstić information content (AvgIpc) is 2.87. The van der Waals surface area contributed by atoms with E-state index in [9.17, 15) is 5.11 Å². The van der Waals surface area contributed by atoms with Crippen LogP contribution in [0.1, 0.15) is 30.6 Å². The summed E-state index contributed by atoms with van der Waals surface area (Å²) in [4.78, 5) is 2.68. The van der Waals surface area contributed by atoms with Gasteiger partial charge in [0, 0.05) is 48.8 Å². The predicted molar refractivity (Wildman–Crippen MR) is 92.3 cm³/mol. The first-order valence-corrected chi connectivity index (χ1v) is 8.82. The lowest BCUT2D eigenvalue weighted by molar-refractivity contribution is -0.0513. The van der Waals surface area contributed by atoms with Crippen molar-refractivity contribution in [1.29, 1.82) is 0 Å². The monoisotopic (exact) mass is 308 g/mol. The van der Waals surface area contributed by atoms with Crippen LogP contribution < -0.4 is 0 Å². The summed E-state index contributed by atoms with van der Waals surface area (Å²) in [7, 11) is 2.23. The van der Waals surface area contributed by atoms with Gasteiger partial charge < -0.3 is 9.67 Å². The minimum absolute atomic E-state index is 0.315. The van der Waals surface area contributed by atoms with Crippen molar-refractivity contribution in [2.24, 2.45) is 18.9 Å². The van der Waals surface area contributed by atoms with Gasteiger partial charge in [-0.05, 0) is 37.3 Å². The summed E-state index contributed by atoms with van der Waals surface area (Å²) < 4.78 is 2.43. The van der Waals surface area contributed by atoms with E-state index in [-0.39, 0.29) is 0 Å². The number of piperidine rings is 3. The van der Waals surface area contributed by atoms with Crippen molar-refractivity contribution in [2.45, 2.75) is 31.8 Å². The van der Waals surface area contributed by atoms with Gasteiger partial charge in [0.25, 0.3) is 0 Å². The van der Waals surface area contributed by atoms with Crippen LogP contribution in [-0.4, -0.2) is 33.8 Å². The molecule has 3 saturated heterocycles. The van der Waals surface area contributed by atoms with E-state index in [4.69, 9.17) is 0 Å². The normalized spacial score (nSPS) is 36.7. The van der Waals surface area contributed by atoms with Gasteiger partial charge in [0.1, 0.15) is 0 Å². The molecule has 0 radical (unpaired) electrons. The van der Waals surface area contributed by atoms with Crippen molar-refractivity contribution in [2.75, 3.05) is 13.2 Å². The molecule has 4 bridgehead atoms. The maximum atomic E-state index is 10.0. The highest BCUT2D eigenvalue weighted by Crippen LogP contribution is 2.54. The first-order valence-electron chi connectivity index (χ1n) is 8.82. The number of rotatable bonds is 1. The molecule has 1 N–H and O–H groups in total. The Balaban J connectivity index is 1.72. The highest BCUT2D eigenvalue weighted by atomic mass is 16.3. The van der Waals surface area contributed by atoms with Crippen molar-refractivity contribution in [3.8, 4) is 0 Å². The summed E-state index contributed by atoms with van der Waals surface area (Å²) >= 11 is 0. The van der Waals surface area contributed by atoms with E-state index in [1.165, 1.54) is 28.6 Å². The van der Waals surface area contributed by atoms with Crippen LogP contribution in [0.25, 0.3) is 10.9 Å². The molecule has 0 saturated carbocycles. The summed E-state index contributed by atoms with van der Waals surface area (Å²) in [6.45, 7) is 3.56. The highest BCUT2D eigenvalue weighted by molar-refractivity contribution is 5.86. The molecule has 23 heavy (non-hydrogen) atoms. The molecule has 2 aromatic rings. The maximum Gasteiger partial charge on any atom is 0.0515 e. The van der Waals surface area contributed by atoms with Gasteiger partial charge in [-0.1, -0.05) is 29.8 Å². The number of allylic oxidation sites excluding steroid dienone is 1. The Labute approximate surface area is 137 Å². The minimum Gasteiger partial charge on any atom is -0.396 e. The zero-order valence-corrected chi connectivity index (χ0v) is 13.9. The van der Waals surface area contributed by atoms with Crippen LogP contribution in [0.2, 0.25) is 0 Å². The summed E-state index contributed by atoms with van der Waals surface area (Å²) in [6, 6.07) is 9.84. The topological polar surface area (TPSA) is 28.4 Å². The number of fused-ring (bicyclic) bond motifs is 4. The molecule has 1 aromatic carbocycles. The molecule has 4 aliphatic heterocycles. The second-order valence-corrected chi connectivity index (χ2v) is 7.45. The zero-order chi connectivity index (χ0) is 15.7. The first kappa shape index (κ1) is 13.8. The first-order chi connectivity index (χ1) is 11.2. The van der Waals surface area contributed by atoms with Crippen molar-refractivity contribution in [1.82, 2.24) is 9.47 Å². The van der Waals surface area contributed by atoms with Crippen LogP contribution in [0.4, 0.5) is 0 Å². The van der Waals surface area contributed by atoms with Gasteiger partial charge >= 0.3 is 0 Å². The number of nitrogens with zero attached hydrogens (tertiary/aromatic N) is 2. The van der Waals surface area contributed by atoms with Crippen LogP contribution in [0.3, 0.4) is 0 Å². The Morgan fingerprint density at radius 3 is 2.91 bits per heavy atom. The summed E-state index contributed by atoms with van der Waals surface area (Å²) in [5.41, 5.74) is 5.96. The largest absolute Gasteiger partial charge is 0.396 e. The van der Waals surface area contributed by atoms with E-state index >= 15 is 0 Å². The molecule has 3 nitrogen and oxygen atoms in total. The highest BCUT2D eigenvalue weighted by Gasteiger charge is 2.52. The fourth-order valence-corrected chi connectivity index (χ4v) is 5.71. The van der Waals surface area contributed by atoms with E-state index in [0.29, 0.717) is 30.5 Å². The maximum absolute atomic E-state index is 10.0. The molecule has 0 spiro atoms. The average molecular weight is 308 g/mol. The molecule has 5 heterocycles. The number of aryl methyl sites for hydroxylation is 1. The van der Waals surface area contributed by atoms with Crippen molar-refractivity contribution in [3.05, 3.63) is 47.2 Å². The number of aliphatic hydroxyl groups is 1. The molecule has 1 aromatic heterocycles. The van der Waals surface area contributed by atoms with Gasteiger partial charge in [-0.3, -0.25) is 4.90 Å². The van der Waals surface area contributed by atoms with Gasteiger partial charge in [-0.2, -0.15) is 0 Å². The van der Waals surface area contributed by atoms with Crippen LogP contribution in [-0.2, 0) is 13.5 Å². The van der Waals surface area contributed by atoms with Crippen LogP contribution in [0, 0.1) is 11.8 Å². The Kier molecular flexibility index (Phi) is 2.83. The summed E-state index contributed by atoms with van der Waals surface area (Å²) in [5.74, 6) is 0.967. The summed E-state index contributed by atoms with van der Waals surface area (Å²) in [6.07, 6.45) is 4.54. The molecule has 120 valence electrons. The lowest BCUT2D eigenvalue weighted by Gasteiger charge is -2.58. The third kappa shape index (κ3) is 1.62. The SMILES string of the molecule is C/C=C1\CN2[C@H]3C[C@H]1C(CO)[C@@H]2Cc1c3n(C)c2ccccc12. The molecule has 6 rings (SSSR count). The predicted octanol–water partition coefficient (Wildman–Crippen LogP) is 3.03. The molecule has 0 aliphatic carbocycles. The van der Waals surface area contributed by atoms with E-state index in [1.54, 1.807) is 5.57 Å². The van der Waals surface area contributed by atoms with E-state index in [2.05, 4.69) is 53.8 Å². The second-order valence-electron chi connectivity index (χ2n) is 7.45. The Bertz CT molecular complexity index is 818. The Hall–Kier alpha value is -1.58. The molecule has 3 heteroatoms. The van der Waals surface area contributed by atoms with Crippen molar-refractivity contribution < 1.29 is 5.11 Å². The quantitative estimate of drug-likeness (QED) is 0.820. The molecular weight excluding hydrogens is 284 g/mol. The van der Waals surface area contributed by atoms with Gasteiger partial charge in [-0.25, -0.2) is 0 Å². The number of hydrogen-bond donors (Lipinski definition) is 1. The van der Waals surface area contributed by atoms with E-state index in [0.717, 1.165) is 13.0 Å². The van der Waals surface area contributed by atoms with E-state index in [1.807, 2.05) is 0 Å². The van der Waals surface area contributed by atoms with Gasteiger partial charge in [0.05, 0.1) is 6.04 Å². The Morgan fingerprint density at radius 1 is 1.30 bits per heavy atom. The molecule has 4 aliphatic rings. The third-order valence-electron chi connectivity index (χ3n) is 6.73. The van der Waals surface area contributed by atoms with Gasteiger partial charge in [0.15, 0.2) is 0 Å². The fraction of sp³-hybridized carbons (Fsp3) is 0.500. The Morgan fingerprint density at radius 2 is 2.13 bits per heavy atom. The van der Waals surface area contributed by atoms with Gasteiger partial charge in [-0.15, -0.1) is 0 Å². The second kappa shape index (κ2) is 4.71. The number of benzene rings is 1. The lowest BCUT2D eigenvalue weighted by Crippen LogP contribution is -2.61. The van der Waals surface area contributed by atoms with Crippen LogP contribution in [0.15, 0.2) is 35.9 Å². The number of aliphatic hydroxyl groups excluding tert-OH is 1. The van der Waals surface area contributed by atoms with Crippen LogP contribution >= 0.6 is 0 Å². The number of para-hydroxylation sites is 1.